The van der Waals surface area contributed by atoms with E-state index in [0.717, 1.165) is 5.56 Å². The molecule has 4 heteroatoms. The second-order valence-corrected chi connectivity index (χ2v) is 3.67. The summed E-state index contributed by atoms with van der Waals surface area (Å²) in [4.78, 5) is 11.1. The lowest BCUT2D eigenvalue weighted by molar-refractivity contribution is -0.118. The van der Waals surface area contributed by atoms with Gasteiger partial charge in [0.05, 0.1) is 5.69 Å². The summed E-state index contributed by atoms with van der Waals surface area (Å²) in [6.45, 7) is 0.0737. The number of alkyl halides is 1. The first-order valence-electron chi connectivity index (χ1n) is 4.91. The van der Waals surface area contributed by atoms with Gasteiger partial charge in [0.2, 0.25) is 0 Å². The van der Waals surface area contributed by atoms with Crippen LogP contribution in [0.4, 0.5) is 5.69 Å². The number of ether oxygens (including phenoxy) is 1. The third-order valence-corrected chi connectivity index (χ3v) is 2.25. The number of hydrogen-bond donors (Lipinski definition) is 1. The maximum atomic E-state index is 11.1. The summed E-state index contributed by atoms with van der Waals surface area (Å²) < 4.78 is 5.24. The van der Waals surface area contributed by atoms with Gasteiger partial charge in [0, 0.05) is 17.9 Å². The Kier molecular flexibility index (Phi) is 3.33. The Bertz CT molecular complexity index is 474. The predicted molar refractivity (Wildman–Crippen MR) is 62.8 cm³/mol. The standard InChI is InChI=1S/C12H10ClNO2/c13-6-2-1-3-9-4-5-11-10(7-9)14-12(15)8-16-11/h4-5,7H,2,6,8H2,(H,14,15). The van der Waals surface area contributed by atoms with Gasteiger partial charge in [-0.15, -0.1) is 11.6 Å². The monoisotopic (exact) mass is 235 g/mol. The smallest absolute Gasteiger partial charge is 0.262 e. The van der Waals surface area contributed by atoms with E-state index in [1.807, 2.05) is 6.07 Å². The SMILES string of the molecule is O=C1COc2ccc(C#CCCCl)cc2N1. The Morgan fingerprint density at radius 2 is 2.38 bits per heavy atom. The van der Waals surface area contributed by atoms with E-state index in [-0.39, 0.29) is 12.5 Å². The molecule has 1 aliphatic heterocycles. The molecule has 0 aliphatic carbocycles. The van der Waals surface area contributed by atoms with Crippen LogP contribution in [0.3, 0.4) is 0 Å². The van der Waals surface area contributed by atoms with Crippen LogP contribution in [0.15, 0.2) is 18.2 Å². The molecule has 0 fully saturated rings. The van der Waals surface area contributed by atoms with Crippen LogP contribution in [0.5, 0.6) is 5.75 Å². The predicted octanol–water partition coefficient (Wildman–Crippen LogP) is 2.00. The number of fused-ring (bicyclic) bond motifs is 1. The molecule has 1 heterocycles. The van der Waals surface area contributed by atoms with Crippen molar-refractivity contribution in [2.75, 3.05) is 17.8 Å². The van der Waals surface area contributed by atoms with Crippen LogP contribution < -0.4 is 10.1 Å². The van der Waals surface area contributed by atoms with Crippen LogP contribution in [-0.4, -0.2) is 18.4 Å². The molecule has 0 radical (unpaired) electrons. The molecule has 0 saturated carbocycles. The molecule has 1 N–H and O–H groups in total. The average Bonchev–Trinajstić information content (AvgIpc) is 2.29. The van der Waals surface area contributed by atoms with Crippen molar-refractivity contribution in [3.8, 4) is 17.6 Å². The highest BCUT2D eigenvalue weighted by molar-refractivity contribution is 6.18. The van der Waals surface area contributed by atoms with E-state index in [1.165, 1.54) is 0 Å². The summed E-state index contributed by atoms with van der Waals surface area (Å²) in [5, 5.41) is 2.73. The first-order valence-corrected chi connectivity index (χ1v) is 5.44. The fourth-order valence-electron chi connectivity index (χ4n) is 1.37. The molecule has 3 nitrogen and oxygen atoms in total. The summed E-state index contributed by atoms with van der Waals surface area (Å²) in [6.07, 6.45) is 0.654. The molecule has 0 unspecified atom stereocenters. The van der Waals surface area contributed by atoms with Crippen LogP contribution in [0, 0.1) is 11.8 Å². The molecular formula is C12H10ClNO2. The number of halogens is 1. The van der Waals surface area contributed by atoms with Crippen LogP contribution in [0.2, 0.25) is 0 Å². The molecule has 16 heavy (non-hydrogen) atoms. The number of rotatable bonds is 1. The Morgan fingerprint density at radius 3 is 3.19 bits per heavy atom. The molecule has 82 valence electrons. The van der Waals surface area contributed by atoms with Gasteiger partial charge in [0.15, 0.2) is 6.61 Å². The summed E-state index contributed by atoms with van der Waals surface area (Å²) in [5.41, 5.74) is 1.52. The number of hydrogen-bond acceptors (Lipinski definition) is 2. The maximum absolute atomic E-state index is 11.1. The molecule has 1 amide bonds. The minimum Gasteiger partial charge on any atom is -0.482 e. The zero-order valence-electron chi connectivity index (χ0n) is 8.55. The minimum absolute atomic E-state index is 0.0737. The Balaban J connectivity index is 2.22. The van der Waals surface area contributed by atoms with Crippen molar-refractivity contribution in [2.24, 2.45) is 0 Å². The molecule has 0 aromatic heterocycles. The van der Waals surface area contributed by atoms with E-state index < -0.39 is 0 Å². The highest BCUT2D eigenvalue weighted by Gasteiger charge is 2.15. The fourth-order valence-corrected chi connectivity index (χ4v) is 1.47. The molecule has 0 atom stereocenters. The van der Waals surface area contributed by atoms with Crippen molar-refractivity contribution in [3.05, 3.63) is 23.8 Å². The zero-order valence-corrected chi connectivity index (χ0v) is 9.30. The van der Waals surface area contributed by atoms with Gasteiger partial charge in [-0.1, -0.05) is 11.8 Å². The number of carbonyl (C=O) groups excluding carboxylic acids is 1. The van der Waals surface area contributed by atoms with Gasteiger partial charge in [-0.05, 0) is 18.2 Å². The van der Waals surface area contributed by atoms with Crippen molar-refractivity contribution >= 4 is 23.2 Å². The van der Waals surface area contributed by atoms with Crippen LogP contribution in [0.1, 0.15) is 12.0 Å². The summed E-state index contributed by atoms with van der Waals surface area (Å²) in [5.74, 6) is 6.97. The van der Waals surface area contributed by atoms with Crippen LogP contribution in [0.25, 0.3) is 0 Å². The Morgan fingerprint density at radius 1 is 1.50 bits per heavy atom. The number of anilines is 1. The van der Waals surface area contributed by atoms with Gasteiger partial charge in [-0.25, -0.2) is 0 Å². The van der Waals surface area contributed by atoms with Gasteiger partial charge < -0.3 is 10.1 Å². The molecule has 0 bridgehead atoms. The number of benzene rings is 1. The molecule has 0 spiro atoms. The van der Waals surface area contributed by atoms with Gasteiger partial charge >= 0.3 is 0 Å². The van der Waals surface area contributed by atoms with E-state index in [4.69, 9.17) is 16.3 Å². The number of carbonyl (C=O) groups is 1. The van der Waals surface area contributed by atoms with Gasteiger partial charge in [0.1, 0.15) is 5.75 Å². The largest absolute Gasteiger partial charge is 0.482 e. The second kappa shape index (κ2) is 4.91. The van der Waals surface area contributed by atoms with Crippen molar-refractivity contribution in [2.45, 2.75) is 6.42 Å². The Labute approximate surface area is 98.7 Å². The molecule has 1 aliphatic rings. The van der Waals surface area contributed by atoms with E-state index in [1.54, 1.807) is 12.1 Å². The van der Waals surface area contributed by atoms with E-state index in [0.29, 0.717) is 23.7 Å². The fraction of sp³-hybridized carbons (Fsp3) is 0.250. The lowest BCUT2D eigenvalue weighted by Gasteiger charge is -2.17. The third kappa shape index (κ3) is 2.47. The topological polar surface area (TPSA) is 38.3 Å². The minimum atomic E-state index is -0.140. The van der Waals surface area contributed by atoms with Crippen molar-refractivity contribution in [1.29, 1.82) is 0 Å². The van der Waals surface area contributed by atoms with Gasteiger partial charge in [-0.3, -0.25) is 4.79 Å². The first-order chi connectivity index (χ1) is 7.79. The van der Waals surface area contributed by atoms with Gasteiger partial charge in [-0.2, -0.15) is 0 Å². The van der Waals surface area contributed by atoms with Crippen molar-refractivity contribution in [3.63, 3.8) is 0 Å². The zero-order chi connectivity index (χ0) is 11.4. The number of amides is 1. The lowest BCUT2D eigenvalue weighted by Crippen LogP contribution is -2.25. The molecule has 1 aromatic carbocycles. The molecule has 0 saturated heterocycles. The third-order valence-electron chi connectivity index (χ3n) is 2.06. The van der Waals surface area contributed by atoms with E-state index >= 15 is 0 Å². The highest BCUT2D eigenvalue weighted by Crippen LogP contribution is 2.27. The van der Waals surface area contributed by atoms with Gasteiger partial charge in [0.25, 0.3) is 5.91 Å². The molecule has 1 aromatic rings. The van der Waals surface area contributed by atoms with Crippen molar-refractivity contribution in [1.82, 2.24) is 0 Å². The lowest BCUT2D eigenvalue weighted by atomic mass is 10.1. The molecular weight excluding hydrogens is 226 g/mol. The second-order valence-electron chi connectivity index (χ2n) is 3.29. The number of nitrogens with one attached hydrogen (secondary N) is 1. The normalized spacial score (nSPS) is 12.9. The highest BCUT2D eigenvalue weighted by atomic mass is 35.5. The van der Waals surface area contributed by atoms with Crippen molar-refractivity contribution < 1.29 is 9.53 Å². The first kappa shape index (κ1) is 10.8. The molecule has 2 rings (SSSR count). The summed E-state index contributed by atoms with van der Waals surface area (Å²) in [6, 6.07) is 5.46. The van der Waals surface area contributed by atoms with Crippen LogP contribution >= 0.6 is 11.6 Å². The Hall–Kier alpha value is -1.66. The summed E-state index contributed by atoms with van der Waals surface area (Å²) in [7, 11) is 0. The van der Waals surface area contributed by atoms with E-state index in [2.05, 4.69) is 17.2 Å². The quantitative estimate of drug-likeness (QED) is 0.597. The van der Waals surface area contributed by atoms with E-state index in [9.17, 15) is 4.79 Å². The maximum Gasteiger partial charge on any atom is 0.262 e. The average molecular weight is 236 g/mol. The summed E-state index contributed by atoms with van der Waals surface area (Å²) >= 11 is 5.52. The van der Waals surface area contributed by atoms with Crippen LogP contribution in [-0.2, 0) is 4.79 Å².